The number of Topliss-reactive ketones (excluding diaryl/α,β-unsaturated/α-hetero) is 1. The van der Waals surface area contributed by atoms with Gasteiger partial charge in [0.1, 0.15) is 5.78 Å². The van der Waals surface area contributed by atoms with E-state index in [2.05, 4.69) is 0 Å². The van der Waals surface area contributed by atoms with Gasteiger partial charge in [-0.2, -0.15) is 4.73 Å². The zero-order valence-corrected chi connectivity index (χ0v) is 8.78. The topological polar surface area (TPSA) is 44.0 Å². The molecule has 3 nitrogen and oxygen atoms in total. The molecule has 0 radical (unpaired) electrons. The predicted octanol–water partition coefficient (Wildman–Crippen LogP) is 1.48. The summed E-state index contributed by atoms with van der Waals surface area (Å²) in [5.41, 5.74) is 0.570. The van der Waals surface area contributed by atoms with Crippen LogP contribution in [0.5, 0.6) is 0 Å². The lowest BCUT2D eigenvalue weighted by Gasteiger charge is -2.15. The highest BCUT2D eigenvalue weighted by molar-refractivity contribution is 5.85. The van der Waals surface area contributed by atoms with E-state index >= 15 is 0 Å². The van der Waals surface area contributed by atoms with Gasteiger partial charge in [0.15, 0.2) is 12.4 Å². The van der Waals surface area contributed by atoms with Gasteiger partial charge in [-0.1, -0.05) is 20.8 Å². The largest absolute Gasteiger partial charge is 0.619 e. The molecule has 1 heterocycles. The van der Waals surface area contributed by atoms with Crippen molar-refractivity contribution in [1.29, 1.82) is 0 Å². The van der Waals surface area contributed by atoms with E-state index in [4.69, 9.17) is 0 Å². The maximum absolute atomic E-state index is 11.6. The molecule has 0 bridgehead atoms. The lowest BCUT2D eigenvalue weighted by molar-refractivity contribution is -0.605. The molecule has 1 aromatic heterocycles. The minimum absolute atomic E-state index is 0.182. The average Bonchev–Trinajstić information content (AvgIpc) is 2.07. The van der Waals surface area contributed by atoms with E-state index in [0.717, 1.165) is 5.56 Å². The quantitative estimate of drug-likeness (QED) is 0.527. The molecule has 0 aliphatic rings. The van der Waals surface area contributed by atoms with E-state index < -0.39 is 0 Å². The van der Waals surface area contributed by atoms with E-state index in [9.17, 15) is 10.0 Å². The number of nitrogens with zero attached hydrogens (tertiary/aromatic N) is 1. The maximum atomic E-state index is 11.6. The molecule has 0 saturated carbocycles. The number of rotatable bonds is 2. The van der Waals surface area contributed by atoms with Crippen LogP contribution in [-0.4, -0.2) is 5.78 Å². The van der Waals surface area contributed by atoms with Gasteiger partial charge in [0.2, 0.25) is 0 Å². The molecule has 1 aromatic rings. The van der Waals surface area contributed by atoms with Crippen molar-refractivity contribution in [3.63, 3.8) is 0 Å². The monoisotopic (exact) mass is 193 g/mol. The van der Waals surface area contributed by atoms with Crippen molar-refractivity contribution in [3.8, 4) is 0 Å². The zero-order chi connectivity index (χ0) is 10.8. The van der Waals surface area contributed by atoms with Crippen molar-refractivity contribution in [3.05, 3.63) is 35.3 Å². The zero-order valence-electron chi connectivity index (χ0n) is 8.78. The van der Waals surface area contributed by atoms with Crippen molar-refractivity contribution in [2.24, 2.45) is 5.41 Å². The van der Waals surface area contributed by atoms with E-state index in [1.165, 1.54) is 12.4 Å². The molecule has 76 valence electrons. The standard InChI is InChI=1S/C11H15NO2/c1-11(2,3)10(13)8-9-4-6-12(14)7-5-9/h4-7H,8H2,1-3H3. The molecule has 3 heteroatoms. The Kier molecular flexibility index (Phi) is 2.89. The summed E-state index contributed by atoms with van der Waals surface area (Å²) in [7, 11) is 0. The second kappa shape index (κ2) is 3.78. The summed E-state index contributed by atoms with van der Waals surface area (Å²) in [6.07, 6.45) is 3.21. The fourth-order valence-electron chi connectivity index (χ4n) is 1.01. The lowest BCUT2D eigenvalue weighted by atomic mass is 9.87. The second-order valence-corrected chi connectivity index (χ2v) is 4.42. The molecular weight excluding hydrogens is 178 g/mol. The van der Waals surface area contributed by atoms with Gasteiger partial charge in [-0.15, -0.1) is 0 Å². The van der Waals surface area contributed by atoms with Crippen LogP contribution in [0.15, 0.2) is 24.5 Å². The van der Waals surface area contributed by atoms with E-state index in [1.807, 2.05) is 20.8 Å². The number of pyridine rings is 1. The number of hydrogen-bond acceptors (Lipinski definition) is 2. The van der Waals surface area contributed by atoms with Gasteiger partial charge in [0.05, 0.1) is 0 Å². The Bertz CT molecular complexity index is 322. The molecule has 0 N–H and O–H groups in total. The number of aromatic nitrogens is 1. The van der Waals surface area contributed by atoms with Crippen LogP contribution in [0.25, 0.3) is 0 Å². The molecule has 14 heavy (non-hydrogen) atoms. The van der Waals surface area contributed by atoms with E-state index in [0.29, 0.717) is 11.2 Å². The van der Waals surface area contributed by atoms with Crippen LogP contribution in [-0.2, 0) is 11.2 Å². The third kappa shape index (κ3) is 2.83. The summed E-state index contributed by atoms with van der Waals surface area (Å²) >= 11 is 0. The number of ketones is 1. The first-order valence-electron chi connectivity index (χ1n) is 4.60. The Hall–Kier alpha value is -1.38. The van der Waals surface area contributed by atoms with Gasteiger partial charge in [-0.05, 0) is 5.56 Å². The first-order chi connectivity index (χ1) is 6.39. The number of carbonyl (C=O) groups is 1. The Balaban J connectivity index is 2.71. The highest BCUT2D eigenvalue weighted by atomic mass is 16.5. The minimum atomic E-state index is -0.316. The molecule has 1 rings (SSSR count). The van der Waals surface area contributed by atoms with Crippen LogP contribution in [0.4, 0.5) is 0 Å². The number of carbonyl (C=O) groups excluding carboxylic acids is 1. The first-order valence-corrected chi connectivity index (χ1v) is 4.60. The fourth-order valence-corrected chi connectivity index (χ4v) is 1.01. The van der Waals surface area contributed by atoms with Crippen LogP contribution in [0.1, 0.15) is 26.3 Å². The highest BCUT2D eigenvalue weighted by Crippen LogP contribution is 2.17. The molecular formula is C11H15NO2. The van der Waals surface area contributed by atoms with Gasteiger partial charge in [-0.25, -0.2) is 0 Å². The first kappa shape index (κ1) is 10.7. The van der Waals surface area contributed by atoms with Gasteiger partial charge in [-0.3, -0.25) is 4.79 Å². The van der Waals surface area contributed by atoms with E-state index in [-0.39, 0.29) is 11.2 Å². The van der Waals surface area contributed by atoms with Crippen LogP contribution in [0.2, 0.25) is 0 Å². The van der Waals surface area contributed by atoms with Gasteiger partial charge in [0, 0.05) is 24.0 Å². The lowest BCUT2D eigenvalue weighted by Crippen LogP contribution is -2.25. The normalized spacial score (nSPS) is 11.4. The molecule has 0 aliphatic heterocycles. The molecule has 0 aliphatic carbocycles. The molecule has 0 amide bonds. The van der Waals surface area contributed by atoms with Crippen LogP contribution < -0.4 is 4.73 Å². The van der Waals surface area contributed by atoms with Gasteiger partial charge in [0.25, 0.3) is 0 Å². The van der Waals surface area contributed by atoms with Gasteiger partial charge < -0.3 is 5.21 Å². The Morgan fingerprint density at radius 3 is 2.29 bits per heavy atom. The van der Waals surface area contributed by atoms with E-state index in [1.54, 1.807) is 12.1 Å². The Morgan fingerprint density at radius 2 is 1.86 bits per heavy atom. The minimum Gasteiger partial charge on any atom is -0.619 e. The number of hydrogen-bond donors (Lipinski definition) is 0. The summed E-state index contributed by atoms with van der Waals surface area (Å²) < 4.78 is 0.713. The Morgan fingerprint density at radius 1 is 1.36 bits per heavy atom. The molecule has 0 spiro atoms. The van der Waals surface area contributed by atoms with Crippen molar-refractivity contribution >= 4 is 5.78 Å². The molecule has 0 fully saturated rings. The second-order valence-electron chi connectivity index (χ2n) is 4.42. The van der Waals surface area contributed by atoms with Crippen molar-refractivity contribution in [2.75, 3.05) is 0 Å². The summed E-state index contributed by atoms with van der Waals surface area (Å²) in [5, 5.41) is 10.7. The van der Waals surface area contributed by atoms with Crippen LogP contribution in [0.3, 0.4) is 0 Å². The summed E-state index contributed by atoms with van der Waals surface area (Å²) in [5.74, 6) is 0.182. The fraction of sp³-hybridized carbons (Fsp3) is 0.455. The molecule has 0 unspecified atom stereocenters. The maximum Gasteiger partial charge on any atom is 0.180 e. The third-order valence-corrected chi connectivity index (χ3v) is 2.07. The summed E-state index contributed by atoms with van der Waals surface area (Å²) in [6.45, 7) is 5.68. The van der Waals surface area contributed by atoms with Crippen LogP contribution >= 0.6 is 0 Å². The SMILES string of the molecule is CC(C)(C)C(=O)Cc1cc[n+]([O-])cc1. The summed E-state index contributed by atoms with van der Waals surface area (Å²) in [6, 6.07) is 3.35. The molecule has 0 atom stereocenters. The predicted molar refractivity (Wildman–Crippen MR) is 53.6 cm³/mol. The third-order valence-electron chi connectivity index (χ3n) is 2.07. The highest BCUT2D eigenvalue weighted by Gasteiger charge is 2.21. The Labute approximate surface area is 84.0 Å². The van der Waals surface area contributed by atoms with Crippen molar-refractivity contribution < 1.29 is 9.52 Å². The van der Waals surface area contributed by atoms with Crippen molar-refractivity contribution in [1.82, 2.24) is 0 Å². The van der Waals surface area contributed by atoms with Gasteiger partial charge >= 0.3 is 0 Å². The smallest absolute Gasteiger partial charge is 0.180 e. The molecule has 0 aromatic carbocycles. The van der Waals surface area contributed by atoms with Crippen LogP contribution in [0, 0.1) is 10.6 Å². The molecule has 0 saturated heterocycles. The average molecular weight is 193 g/mol. The summed E-state index contributed by atoms with van der Waals surface area (Å²) in [4.78, 5) is 11.6. The van der Waals surface area contributed by atoms with Crippen molar-refractivity contribution in [2.45, 2.75) is 27.2 Å².